The molecule has 1 atom stereocenters. The van der Waals surface area contributed by atoms with Gasteiger partial charge >= 0.3 is 51.4 Å². The summed E-state index contributed by atoms with van der Waals surface area (Å²) in [6, 6.07) is 0. The van der Waals surface area contributed by atoms with Crippen LogP contribution in [-0.4, -0.2) is 57.7 Å². The van der Waals surface area contributed by atoms with Crippen molar-refractivity contribution in [1.82, 2.24) is 0 Å². The first kappa shape index (κ1) is 13.5. The Balaban J connectivity index is 0.00000144. The second-order valence-electron chi connectivity index (χ2n) is 3.28. The Morgan fingerprint density at radius 2 is 2.08 bits per heavy atom. The molecule has 0 saturated heterocycles. The van der Waals surface area contributed by atoms with Crippen molar-refractivity contribution in [3.8, 4) is 0 Å². The molecular formula is C11H15KO. The standard InChI is InChI=1S/C11H14O.K.H/c1-9(2)11-5-3-4-10(8-12)6-7-11;;/h3-10H,1-2H3;;. The summed E-state index contributed by atoms with van der Waals surface area (Å²) in [6.07, 6.45) is 10.8. The molecule has 0 aliphatic heterocycles. The second-order valence-corrected chi connectivity index (χ2v) is 3.28. The van der Waals surface area contributed by atoms with Crippen molar-refractivity contribution in [3.63, 3.8) is 0 Å². The molecule has 2 heteroatoms. The Morgan fingerprint density at radius 1 is 1.38 bits per heavy atom. The van der Waals surface area contributed by atoms with E-state index in [1.165, 1.54) is 5.57 Å². The third kappa shape index (κ3) is 4.52. The van der Waals surface area contributed by atoms with Gasteiger partial charge in [0.15, 0.2) is 0 Å². The van der Waals surface area contributed by atoms with E-state index in [-0.39, 0.29) is 57.3 Å². The number of aldehydes is 1. The Labute approximate surface area is 122 Å². The predicted octanol–water partition coefficient (Wildman–Crippen LogP) is 1.86. The van der Waals surface area contributed by atoms with Crippen LogP contribution < -0.4 is 0 Å². The zero-order valence-corrected chi connectivity index (χ0v) is 7.53. The molecule has 0 spiro atoms. The number of allylic oxidation sites excluding steroid dienone is 6. The fourth-order valence-corrected chi connectivity index (χ4v) is 1.11. The molecule has 0 fully saturated rings. The van der Waals surface area contributed by atoms with Crippen molar-refractivity contribution < 1.29 is 4.79 Å². The van der Waals surface area contributed by atoms with Gasteiger partial charge in [-0.1, -0.05) is 44.2 Å². The van der Waals surface area contributed by atoms with Gasteiger partial charge < -0.3 is 4.79 Å². The quantitative estimate of drug-likeness (QED) is 0.493. The van der Waals surface area contributed by atoms with Crippen LogP contribution in [0.25, 0.3) is 0 Å². The second kappa shape index (κ2) is 6.90. The summed E-state index contributed by atoms with van der Waals surface area (Å²) >= 11 is 0. The van der Waals surface area contributed by atoms with E-state index in [0.717, 1.165) is 6.29 Å². The summed E-state index contributed by atoms with van der Waals surface area (Å²) in [5, 5.41) is 0. The molecule has 0 saturated carbocycles. The minimum absolute atomic E-state index is 0. The van der Waals surface area contributed by atoms with Crippen LogP contribution in [0.4, 0.5) is 0 Å². The third-order valence-corrected chi connectivity index (χ3v) is 1.96. The predicted molar refractivity (Wildman–Crippen MR) is 57.9 cm³/mol. The van der Waals surface area contributed by atoms with Crippen molar-refractivity contribution in [2.75, 3.05) is 0 Å². The molecule has 1 rings (SSSR count). The van der Waals surface area contributed by atoms with E-state index in [9.17, 15) is 4.79 Å². The normalized spacial score (nSPS) is 20.5. The van der Waals surface area contributed by atoms with Crippen molar-refractivity contribution in [2.45, 2.75) is 13.8 Å². The van der Waals surface area contributed by atoms with Crippen LogP contribution in [0.15, 0.2) is 36.0 Å². The van der Waals surface area contributed by atoms with Crippen LogP contribution in [0.2, 0.25) is 0 Å². The zero-order chi connectivity index (χ0) is 8.97. The Bertz CT molecular complexity index is 249. The molecule has 66 valence electrons. The van der Waals surface area contributed by atoms with E-state index in [4.69, 9.17) is 0 Å². The average molecular weight is 202 g/mol. The van der Waals surface area contributed by atoms with E-state index in [0.29, 0.717) is 5.92 Å². The number of carbonyl (C=O) groups excluding carboxylic acids is 1. The molecule has 13 heavy (non-hydrogen) atoms. The monoisotopic (exact) mass is 202 g/mol. The van der Waals surface area contributed by atoms with Gasteiger partial charge in [-0.05, 0) is 11.5 Å². The molecule has 1 aliphatic rings. The number of hydrogen-bond acceptors (Lipinski definition) is 1. The summed E-state index contributed by atoms with van der Waals surface area (Å²) in [7, 11) is 0. The van der Waals surface area contributed by atoms with Gasteiger partial charge in [-0.25, -0.2) is 0 Å². The Morgan fingerprint density at radius 3 is 2.62 bits per heavy atom. The first-order valence-electron chi connectivity index (χ1n) is 4.26. The summed E-state index contributed by atoms with van der Waals surface area (Å²) in [6.45, 7) is 4.29. The molecule has 0 bridgehead atoms. The van der Waals surface area contributed by atoms with Crippen molar-refractivity contribution in [3.05, 3.63) is 36.0 Å². The van der Waals surface area contributed by atoms with Gasteiger partial charge in [-0.2, -0.15) is 0 Å². The Kier molecular flexibility index (Phi) is 7.18. The number of hydrogen-bond donors (Lipinski definition) is 0. The molecule has 0 amide bonds. The summed E-state index contributed by atoms with van der Waals surface area (Å²) < 4.78 is 0. The Hall–Kier alpha value is 0.526. The minimum atomic E-state index is -0.0440. The van der Waals surface area contributed by atoms with Gasteiger partial charge in [0.25, 0.3) is 0 Å². The van der Waals surface area contributed by atoms with Crippen LogP contribution >= 0.6 is 0 Å². The van der Waals surface area contributed by atoms with Crippen LogP contribution in [0.1, 0.15) is 13.8 Å². The van der Waals surface area contributed by atoms with Gasteiger partial charge in [0.1, 0.15) is 6.29 Å². The summed E-state index contributed by atoms with van der Waals surface area (Å²) in [5.41, 5.74) is 1.27. The van der Waals surface area contributed by atoms with E-state index in [2.05, 4.69) is 19.9 Å². The van der Waals surface area contributed by atoms with Gasteiger partial charge in [0.2, 0.25) is 0 Å². The van der Waals surface area contributed by atoms with E-state index < -0.39 is 0 Å². The average Bonchev–Trinajstić information content (AvgIpc) is 2.28. The van der Waals surface area contributed by atoms with E-state index in [1.54, 1.807) is 0 Å². The molecular weight excluding hydrogens is 187 g/mol. The van der Waals surface area contributed by atoms with Gasteiger partial charge in [-0.15, -0.1) is 0 Å². The summed E-state index contributed by atoms with van der Waals surface area (Å²) in [4.78, 5) is 10.5. The van der Waals surface area contributed by atoms with Crippen LogP contribution in [0, 0.1) is 11.8 Å². The van der Waals surface area contributed by atoms with Crippen molar-refractivity contribution in [1.29, 1.82) is 0 Å². The molecule has 1 nitrogen and oxygen atoms in total. The van der Waals surface area contributed by atoms with Crippen molar-refractivity contribution in [2.24, 2.45) is 11.8 Å². The first-order chi connectivity index (χ1) is 5.74. The van der Waals surface area contributed by atoms with Gasteiger partial charge in [0.05, 0.1) is 5.92 Å². The molecule has 0 aromatic heterocycles. The van der Waals surface area contributed by atoms with Crippen LogP contribution in [0.5, 0.6) is 0 Å². The fourth-order valence-electron chi connectivity index (χ4n) is 1.11. The molecule has 0 aromatic rings. The number of carbonyl (C=O) groups is 1. The SMILES string of the molecule is CC(C)C1=CC=CC(C=O)C=C1.[KH]. The maximum atomic E-state index is 10.5. The maximum absolute atomic E-state index is 10.5. The molecule has 0 aromatic carbocycles. The number of rotatable bonds is 2. The zero-order valence-electron chi connectivity index (χ0n) is 7.53. The van der Waals surface area contributed by atoms with Crippen LogP contribution in [0.3, 0.4) is 0 Å². The molecule has 1 aliphatic carbocycles. The van der Waals surface area contributed by atoms with Crippen molar-refractivity contribution >= 4 is 57.7 Å². The molecule has 0 N–H and O–H groups in total. The van der Waals surface area contributed by atoms with Gasteiger partial charge in [-0.3, -0.25) is 0 Å². The van der Waals surface area contributed by atoms with E-state index in [1.807, 2.05) is 24.3 Å². The molecule has 0 radical (unpaired) electrons. The first-order valence-corrected chi connectivity index (χ1v) is 4.26. The topological polar surface area (TPSA) is 17.1 Å². The third-order valence-electron chi connectivity index (χ3n) is 1.96. The summed E-state index contributed by atoms with van der Waals surface area (Å²) in [5.74, 6) is 0.480. The fraction of sp³-hybridized carbons (Fsp3) is 0.364. The molecule has 0 heterocycles. The van der Waals surface area contributed by atoms with E-state index >= 15 is 0 Å². The van der Waals surface area contributed by atoms with Gasteiger partial charge in [0, 0.05) is 0 Å². The van der Waals surface area contributed by atoms with Crippen LogP contribution in [-0.2, 0) is 4.79 Å². The molecule has 1 unspecified atom stereocenters.